The molecule has 0 radical (unpaired) electrons. The Kier molecular flexibility index (Phi) is 14.4. The average molecular weight is 864 g/mol. The van der Waals surface area contributed by atoms with E-state index in [1.54, 1.807) is 26.4 Å². The largest absolute Gasteiger partial charge is 0.497 e. The molecule has 1 atom stereocenters. The first-order valence-electron chi connectivity index (χ1n) is 19.0. The smallest absolute Gasteiger partial charge is 0.205 e. The summed E-state index contributed by atoms with van der Waals surface area (Å²) in [5, 5.41) is 13.4. The highest BCUT2D eigenvalue weighted by molar-refractivity contribution is 7.10. The third-order valence-electron chi connectivity index (χ3n) is 10.2. The number of hydrogen-bond donors (Lipinski definition) is 1. The van der Waals surface area contributed by atoms with Gasteiger partial charge in [0, 0.05) is 104 Å². The molecule has 304 valence electrons. The lowest BCUT2D eigenvalue weighted by Gasteiger charge is -2.35. The molecule has 2 saturated heterocycles. The zero-order valence-electron chi connectivity index (χ0n) is 32.3. The molecule has 4 aromatic carbocycles. The Morgan fingerprint density at radius 3 is 1.93 bits per heavy atom. The van der Waals surface area contributed by atoms with Crippen molar-refractivity contribution in [3.8, 4) is 34.3 Å². The van der Waals surface area contributed by atoms with Crippen molar-refractivity contribution in [2.75, 3.05) is 89.5 Å². The van der Waals surface area contributed by atoms with Crippen LogP contribution in [0.1, 0.15) is 17.2 Å². The van der Waals surface area contributed by atoms with Crippen molar-refractivity contribution in [2.45, 2.75) is 12.5 Å². The number of halogens is 3. The molecule has 8 rings (SSSR count). The van der Waals surface area contributed by atoms with Crippen LogP contribution in [0.3, 0.4) is 0 Å². The van der Waals surface area contributed by atoms with Crippen LogP contribution in [-0.4, -0.2) is 113 Å². The summed E-state index contributed by atoms with van der Waals surface area (Å²) in [5.41, 5.74) is 3.54. The molecular weight excluding hydrogens is 819 g/mol. The predicted octanol–water partition coefficient (Wildman–Crippen LogP) is 8.09. The molecule has 0 spiro atoms. The summed E-state index contributed by atoms with van der Waals surface area (Å²) in [6, 6.07) is 28.0. The van der Waals surface area contributed by atoms with Gasteiger partial charge in [-0.15, -0.1) is 0 Å². The second kappa shape index (κ2) is 20.0. The van der Waals surface area contributed by atoms with Gasteiger partial charge in [-0.2, -0.15) is 18.7 Å². The summed E-state index contributed by atoms with van der Waals surface area (Å²) in [7, 11) is 3.33. The summed E-state index contributed by atoms with van der Waals surface area (Å²) >= 11 is 14.5. The number of aliphatic hydroxyl groups is 1. The van der Waals surface area contributed by atoms with E-state index in [9.17, 15) is 9.50 Å². The third kappa shape index (κ3) is 11.0. The first-order valence-corrected chi connectivity index (χ1v) is 21.3. The number of aliphatic hydroxyl groups excluding tert-OH is 1. The number of piperazine rings is 2. The quantitative estimate of drug-likeness (QED) is 0.129. The number of rotatable bonds is 12. The molecule has 2 aliphatic heterocycles. The molecule has 16 heteroatoms. The molecule has 2 fully saturated rings. The molecule has 2 aliphatic rings. The Hall–Kier alpha value is -4.41. The first kappa shape index (κ1) is 41.7. The SMILES string of the molecule is COc1ccc(C(O)CN2CCN(c3nc(-c4ccc(Cl)cc4)ns3)CC2)cc1.COc1cccc(CCN2CCN(c3nc(-c4ccc(Cl)cc4F)ns3)CC2)c1. The number of anilines is 2. The Labute approximate surface area is 356 Å². The minimum atomic E-state index is -0.509. The minimum Gasteiger partial charge on any atom is -0.497 e. The number of methoxy groups -OCH3 is 2. The normalized spacial score (nSPS) is 15.5. The van der Waals surface area contributed by atoms with Crippen LogP contribution in [0.4, 0.5) is 14.7 Å². The Balaban J connectivity index is 0.000000177. The number of hydrogen-bond acceptors (Lipinski definition) is 13. The van der Waals surface area contributed by atoms with Crippen molar-refractivity contribution in [3.63, 3.8) is 0 Å². The summed E-state index contributed by atoms with van der Waals surface area (Å²) in [5.74, 6) is 2.45. The highest BCUT2D eigenvalue weighted by atomic mass is 35.5. The lowest BCUT2D eigenvalue weighted by Crippen LogP contribution is -2.47. The zero-order chi connectivity index (χ0) is 40.4. The van der Waals surface area contributed by atoms with Crippen LogP contribution < -0.4 is 19.3 Å². The van der Waals surface area contributed by atoms with E-state index in [0.29, 0.717) is 28.0 Å². The third-order valence-corrected chi connectivity index (χ3v) is 12.2. The van der Waals surface area contributed by atoms with Crippen LogP contribution >= 0.6 is 46.3 Å². The van der Waals surface area contributed by atoms with Crippen LogP contribution in [-0.2, 0) is 6.42 Å². The van der Waals surface area contributed by atoms with Gasteiger partial charge in [-0.05, 0) is 84.3 Å². The molecule has 4 heterocycles. The highest BCUT2D eigenvalue weighted by Crippen LogP contribution is 2.29. The van der Waals surface area contributed by atoms with Crippen molar-refractivity contribution in [1.82, 2.24) is 28.5 Å². The van der Waals surface area contributed by atoms with Gasteiger partial charge in [0.05, 0.1) is 25.9 Å². The Morgan fingerprint density at radius 1 is 0.690 bits per heavy atom. The van der Waals surface area contributed by atoms with Crippen LogP contribution in [0.2, 0.25) is 10.0 Å². The fraction of sp³-hybridized carbons (Fsp3) is 0.333. The maximum Gasteiger partial charge on any atom is 0.205 e. The van der Waals surface area contributed by atoms with Crippen LogP contribution in [0, 0.1) is 5.82 Å². The minimum absolute atomic E-state index is 0.367. The van der Waals surface area contributed by atoms with E-state index in [2.05, 4.69) is 45.5 Å². The van der Waals surface area contributed by atoms with Crippen LogP contribution in [0.5, 0.6) is 11.5 Å². The van der Waals surface area contributed by atoms with E-state index in [1.165, 1.54) is 34.7 Å². The van der Waals surface area contributed by atoms with Gasteiger partial charge in [0.15, 0.2) is 11.6 Å². The molecule has 1 unspecified atom stereocenters. The van der Waals surface area contributed by atoms with Crippen molar-refractivity contribution < 1.29 is 19.0 Å². The number of nitrogens with zero attached hydrogens (tertiary/aromatic N) is 8. The fourth-order valence-electron chi connectivity index (χ4n) is 6.76. The monoisotopic (exact) mass is 862 g/mol. The Bertz CT molecular complexity index is 2210. The first-order chi connectivity index (χ1) is 28.2. The van der Waals surface area contributed by atoms with Crippen LogP contribution in [0.15, 0.2) is 91.0 Å². The molecule has 1 N–H and O–H groups in total. The van der Waals surface area contributed by atoms with E-state index in [-0.39, 0.29) is 0 Å². The molecule has 6 aromatic rings. The number of β-amino-alcohol motifs (C(OH)–C–C–N with tert-alkyl or cyclic N) is 1. The van der Waals surface area contributed by atoms with Gasteiger partial charge in [0.2, 0.25) is 10.3 Å². The molecule has 0 amide bonds. The second-order valence-electron chi connectivity index (χ2n) is 13.9. The lowest BCUT2D eigenvalue weighted by atomic mass is 10.1. The van der Waals surface area contributed by atoms with Gasteiger partial charge >= 0.3 is 0 Å². The van der Waals surface area contributed by atoms with Crippen molar-refractivity contribution in [3.05, 3.63) is 118 Å². The van der Waals surface area contributed by atoms with Gasteiger partial charge in [0.25, 0.3) is 0 Å². The molecule has 0 aliphatic carbocycles. The van der Waals surface area contributed by atoms with E-state index in [4.69, 9.17) is 37.7 Å². The van der Waals surface area contributed by atoms with Crippen molar-refractivity contribution in [2.24, 2.45) is 0 Å². The maximum atomic E-state index is 14.1. The number of ether oxygens (including phenoxy) is 2. The van der Waals surface area contributed by atoms with E-state index >= 15 is 0 Å². The van der Waals surface area contributed by atoms with Crippen molar-refractivity contribution >= 4 is 56.5 Å². The average Bonchev–Trinajstić information content (AvgIpc) is 3.96. The highest BCUT2D eigenvalue weighted by Gasteiger charge is 2.24. The van der Waals surface area contributed by atoms with Gasteiger partial charge < -0.3 is 24.4 Å². The summed E-state index contributed by atoms with van der Waals surface area (Å²) in [6.07, 6.45) is 0.487. The molecular formula is C42H45Cl2FN8O3S2. The summed E-state index contributed by atoms with van der Waals surface area (Å²) in [4.78, 5) is 18.5. The molecule has 0 saturated carbocycles. The molecule has 2 aromatic heterocycles. The topological polar surface area (TPSA) is 103 Å². The Morgan fingerprint density at radius 2 is 1.29 bits per heavy atom. The standard InChI is InChI=1S/C21H22ClFN4OS.C21H23ClN4O2S/c1-28-17-4-2-3-15(13-17)7-8-26-9-11-27(12-10-26)21-24-20(25-29-21)18-6-5-16(22)14-19(18)23;1-28-18-8-4-15(5-9-18)19(27)14-25-10-12-26(13-11-25)21-23-20(24-29-21)16-2-6-17(22)7-3-16/h2-6,13-14H,7-12H2,1H3;2-9,19,27H,10-14H2,1H3. The van der Waals surface area contributed by atoms with Gasteiger partial charge in [-0.3, -0.25) is 9.80 Å². The zero-order valence-corrected chi connectivity index (χ0v) is 35.5. The van der Waals surface area contributed by atoms with Crippen LogP contribution in [0.25, 0.3) is 22.8 Å². The van der Waals surface area contributed by atoms with E-state index in [0.717, 1.165) is 104 Å². The maximum absolute atomic E-state index is 14.1. The lowest BCUT2D eigenvalue weighted by molar-refractivity contribution is 0.109. The van der Waals surface area contributed by atoms with Gasteiger partial charge in [-0.25, -0.2) is 4.39 Å². The van der Waals surface area contributed by atoms with E-state index < -0.39 is 11.9 Å². The van der Waals surface area contributed by atoms with Gasteiger partial charge in [-0.1, -0.05) is 47.5 Å². The number of benzene rings is 4. The summed E-state index contributed by atoms with van der Waals surface area (Å²) in [6.45, 7) is 8.82. The predicted molar refractivity (Wildman–Crippen MR) is 233 cm³/mol. The molecule has 0 bridgehead atoms. The molecule has 11 nitrogen and oxygen atoms in total. The fourth-order valence-corrected chi connectivity index (χ4v) is 8.52. The molecule has 58 heavy (non-hydrogen) atoms. The summed E-state index contributed by atoms with van der Waals surface area (Å²) < 4.78 is 33.4. The van der Waals surface area contributed by atoms with Crippen molar-refractivity contribution in [1.29, 1.82) is 0 Å². The van der Waals surface area contributed by atoms with Gasteiger partial charge in [0.1, 0.15) is 17.3 Å². The number of aromatic nitrogens is 4. The van der Waals surface area contributed by atoms with E-state index in [1.807, 2.05) is 60.7 Å². The second-order valence-corrected chi connectivity index (χ2v) is 16.3.